The molecule has 1 aliphatic rings. The summed E-state index contributed by atoms with van der Waals surface area (Å²) in [5, 5.41) is 11.9. The second-order valence-electron chi connectivity index (χ2n) is 4.27. The Hall–Kier alpha value is -1.93. The summed E-state index contributed by atoms with van der Waals surface area (Å²) in [5.74, 6) is -0.904. The number of nitrogens with zero attached hydrogens (tertiary/aromatic N) is 1. The van der Waals surface area contributed by atoms with Crippen molar-refractivity contribution in [3.8, 4) is 6.07 Å². The number of amides is 1. The normalized spacial score (nSPS) is 17.8. The molecule has 18 heavy (non-hydrogen) atoms. The molecule has 4 nitrogen and oxygen atoms in total. The summed E-state index contributed by atoms with van der Waals surface area (Å²) >= 11 is 0. The van der Waals surface area contributed by atoms with Crippen LogP contribution in [0.2, 0.25) is 0 Å². The molecule has 0 bridgehead atoms. The topological polar surface area (TPSA) is 62.1 Å². The number of ether oxygens (including phenoxy) is 1. The summed E-state index contributed by atoms with van der Waals surface area (Å²) in [6.07, 6.45) is 0.898. The third kappa shape index (κ3) is 2.66. The van der Waals surface area contributed by atoms with Crippen LogP contribution in [0.3, 0.4) is 0 Å². The lowest BCUT2D eigenvalue weighted by Gasteiger charge is -2.31. The van der Waals surface area contributed by atoms with Gasteiger partial charge in [0.25, 0.3) is 5.91 Å². The number of benzene rings is 1. The zero-order valence-corrected chi connectivity index (χ0v) is 9.78. The van der Waals surface area contributed by atoms with Crippen LogP contribution in [0, 0.1) is 17.1 Å². The van der Waals surface area contributed by atoms with Crippen molar-refractivity contribution in [2.75, 3.05) is 13.2 Å². The standard InChI is InChI=1S/C13H13FN2O2/c14-11-3-1-2-10(8-11)12(17)16-13(9-15)4-6-18-7-5-13/h1-3,8H,4-7H2,(H,16,17). The van der Waals surface area contributed by atoms with Crippen LogP contribution in [0.5, 0.6) is 0 Å². The van der Waals surface area contributed by atoms with E-state index in [9.17, 15) is 14.4 Å². The van der Waals surface area contributed by atoms with E-state index in [1.807, 2.05) is 0 Å². The van der Waals surface area contributed by atoms with Crippen molar-refractivity contribution in [1.82, 2.24) is 5.32 Å². The predicted molar refractivity (Wildman–Crippen MR) is 62.3 cm³/mol. The molecule has 1 fully saturated rings. The molecule has 1 heterocycles. The summed E-state index contributed by atoms with van der Waals surface area (Å²) in [7, 11) is 0. The predicted octanol–water partition coefficient (Wildman–Crippen LogP) is 1.63. The van der Waals surface area contributed by atoms with E-state index < -0.39 is 17.3 Å². The van der Waals surface area contributed by atoms with E-state index in [4.69, 9.17) is 4.74 Å². The average Bonchev–Trinajstić information content (AvgIpc) is 2.40. The molecular formula is C13H13FN2O2. The van der Waals surface area contributed by atoms with Crippen LogP contribution in [-0.2, 0) is 4.74 Å². The zero-order valence-electron chi connectivity index (χ0n) is 9.78. The molecule has 1 N–H and O–H groups in total. The Labute approximate surface area is 104 Å². The molecule has 0 radical (unpaired) electrons. The van der Waals surface area contributed by atoms with Gasteiger partial charge < -0.3 is 10.1 Å². The van der Waals surface area contributed by atoms with Crippen molar-refractivity contribution >= 4 is 5.91 Å². The van der Waals surface area contributed by atoms with Gasteiger partial charge in [-0.15, -0.1) is 0 Å². The van der Waals surface area contributed by atoms with Gasteiger partial charge in [0.1, 0.15) is 11.4 Å². The van der Waals surface area contributed by atoms with Crippen LogP contribution in [0.4, 0.5) is 4.39 Å². The Balaban J connectivity index is 2.13. The second kappa shape index (κ2) is 5.15. The Morgan fingerprint density at radius 3 is 2.78 bits per heavy atom. The molecule has 0 saturated carbocycles. The minimum atomic E-state index is -0.901. The largest absolute Gasteiger partial charge is 0.381 e. The van der Waals surface area contributed by atoms with E-state index in [0.717, 1.165) is 6.07 Å². The minimum absolute atomic E-state index is 0.219. The van der Waals surface area contributed by atoms with Gasteiger partial charge in [-0.3, -0.25) is 4.79 Å². The molecule has 0 aromatic heterocycles. The van der Waals surface area contributed by atoms with Gasteiger partial charge in [-0.1, -0.05) is 6.07 Å². The van der Waals surface area contributed by atoms with Crippen molar-refractivity contribution in [3.63, 3.8) is 0 Å². The molecule has 94 valence electrons. The molecule has 0 atom stereocenters. The number of carbonyl (C=O) groups excluding carboxylic acids is 1. The Kier molecular flexibility index (Phi) is 3.58. The summed E-state index contributed by atoms with van der Waals surface area (Å²) in [5.41, 5.74) is -0.683. The van der Waals surface area contributed by atoms with E-state index in [0.29, 0.717) is 26.1 Å². The Bertz CT molecular complexity index is 490. The van der Waals surface area contributed by atoms with Crippen molar-refractivity contribution in [1.29, 1.82) is 5.26 Å². The summed E-state index contributed by atoms with van der Waals surface area (Å²) < 4.78 is 18.2. The lowest BCUT2D eigenvalue weighted by molar-refractivity contribution is 0.0531. The number of hydrogen-bond acceptors (Lipinski definition) is 3. The maximum absolute atomic E-state index is 13.0. The first-order chi connectivity index (χ1) is 8.65. The third-order valence-corrected chi connectivity index (χ3v) is 3.00. The van der Waals surface area contributed by atoms with Crippen molar-refractivity contribution in [2.24, 2.45) is 0 Å². The minimum Gasteiger partial charge on any atom is -0.381 e. The highest BCUT2D eigenvalue weighted by molar-refractivity contribution is 5.94. The molecule has 5 heteroatoms. The summed E-state index contributed by atoms with van der Waals surface area (Å²) in [6.45, 7) is 0.883. The van der Waals surface area contributed by atoms with Gasteiger partial charge in [0.05, 0.1) is 6.07 Å². The van der Waals surface area contributed by atoms with Crippen LogP contribution in [0.25, 0.3) is 0 Å². The summed E-state index contributed by atoms with van der Waals surface area (Å²) in [6, 6.07) is 7.53. The van der Waals surface area contributed by atoms with Gasteiger partial charge in [0.15, 0.2) is 0 Å². The molecule has 1 aromatic carbocycles. The fourth-order valence-corrected chi connectivity index (χ4v) is 1.90. The van der Waals surface area contributed by atoms with Crippen LogP contribution in [-0.4, -0.2) is 24.7 Å². The fourth-order valence-electron chi connectivity index (χ4n) is 1.90. The van der Waals surface area contributed by atoms with Crippen LogP contribution >= 0.6 is 0 Å². The van der Waals surface area contributed by atoms with Gasteiger partial charge in [0.2, 0.25) is 0 Å². The molecular weight excluding hydrogens is 235 g/mol. The van der Waals surface area contributed by atoms with Crippen molar-refractivity contribution in [3.05, 3.63) is 35.6 Å². The van der Waals surface area contributed by atoms with Crippen molar-refractivity contribution < 1.29 is 13.9 Å². The highest BCUT2D eigenvalue weighted by Crippen LogP contribution is 2.20. The smallest absolute Gasteiger partial charge is 0.252 e. The maximum Gasteiger partial charge on any atom is 0.252 e. The van der Waals surface area contributed by atoms with Crippen LogP contribution in [0.15, 0.2) is 24.3 Å². The number of carbonyl (C=O) groups is 1. The molecule has 0 spiro atoms. The molecule has 1 saturated heterocycles. The molecule has 1 aromatic rings. The van der Waals surface area contributed by atoms with Gasteiger partial charge in [-0.2, -0.15) is 5.26 Å². The summed E-state index contributed by atoms with van der Waals surface area (Å²) in [4.78, 5) is 12.0. The number of hydrogen-bond donors (Lipinski definition) is 1. The van der Waals surface area contributed by atoms with Crippen molar-refractivity contribution in [2.45, 2.75) is 18.4 Å². The maximum atomic E-state index is 13.0. The SMILES string of the molecule is N#CC1(NC(=O)c2cccc(F)c2)CCOCC1. The van der Waals surface area contributed by atoms with E-state index >= 15 is 0 Å². The molecule has 2 rings (SSSR count). The van der Waals surface area contributed by atoms with Crippen LogP contribution < -0.4 is 5.32 Å². The van der Waals surface area contributed by atoms with E-state index in [1.54, 1.807) is 0 Å². The molecule has 1 amide bonds. The molecule has 0 aliphatic carbocycles. The van der Waals surface area contributed by atoms with Gasteiger partial charge in [0, 0.05) is 31.6 Å². The highest BCUT2D eigenvalue weighted by atomic mass is 19.1. The molecule has 1 aliphatic heterocycles. The molecule has 0 unspecified atom stereocenters. The van der Waals surface area contributed by atoms with E-state index in [-0.39, 0.29) is 5.56 Å². The Morgan fingerprint density at radius 1 is 1.44 bits per heavy atom. The third-order valence-electron chi connectivity index (χ3n) is 3.00. The monoisotopic (exact) mass is 248 g/mol. The number of rotatable bonds is 2. The van der Waals surface area contributed by atoms with Crippen LogP contribution in [0.1, 0.15) is 23.2 Å². The zero-order chi connectivity index (χ0) is 13.0. The number of nitriles is 1. The highest BCUT2D eigenvalue weighted by Gasteiger charge is 2.34. The quantitative estimate of drug-likeness (QED) is 0.865. The lowest BCUT2D eigenvalue weighted by atomic mass is 9.91. The average molecular weight is 248 g/mol. The van der Waals surface area contributed by atoms with Gasteiger partial charge >= 0.3 is 0 Å². The van der Waals surface area contributed by atoms with Gasteiger partial charge in [-0.05, 0) is 18.2 Å². The first-order valence-corrected chi connectivity index (χ1v) is 5.72. The first kappa shape index (κ1) is 12.5. The van der Waals surface area contributed by atoms with Gasteiger partial charge in [-0.25, -0.2) is 4.39 Å². The second-order valence-corrected chi connectivity index (χ2v) is 4.27. The Morgan fingerprint density at radius 2 is 2.17 bits per heavy atom. The van der Waals surface area contributed by atoms with E-state index in [2.05, 4.69) is 11.4 Å². The fraction of sp³-hybridized carbons (Fsp3) is 0.385. The number of nitrogens with one attached hydrogen (secondary N) is 1. The number of halogens is 1. The lowest BCUT2D eigenvalue weighted by Crippen LogP contribution is -2.50. The van der Waals surface area contributed by atoms with E-state index in [1.165, 1.54) is 18.2 Å². The first-order valence-electron chi connectivity index (χ1n) is 5.72.